The van der Waals surface area contributed by atoms with Crippen LogP contribution in [-0.4, -0.2) is 131 Å². The van der Waals surface area contributed by atoms with Gasteiger partial charge in [0.25, 0.3) is 0 Å². The zero-order valence-corrected chi connectivity index (χ0v) is 26.4. The molecule has 46 heavy (non-hydrogen) atoms. The second kappa shape index (κ2) is 23.2. The molecule has 1 aromatic heterocycles. The summed E-state index contributed by atoms with van der Waals surface area (Å²) in [4.78, 5) is 65.5. The van der Waals surface area contributed by atoms with E-state index in [9.17, 15) is 37.5 Å². The highest BCUT2D eigenvalue weighted by Crippen LogP contribution is 2.01. The van der Waals surface area contributed by atoms with Crippen molar-refractivity contribution < 1.29 is 51.7 Å². The maximum atomic E-state index is 11.9. The number of aliphatic hydroxyl groups is 1. The molecular weight excluding hydrogens is 630 g/mol. The number of nitrogens with zero attached hydrogens (tertiary/aromatic N) is 2. The first-order chi connectivity index (χ1) is 21.9. The predicted molar refractivity (Wildman–Crippen MR) is 160 cm³/mol. The number of sulfone groups is 1. The normalized spacial score (nSPS) is 11.4. The number of rotatable bonds is 23. The van der Waals surface area contributed by atoms with Crippen LogP contribution in [0.15, 0.2) is 17.6 Å². The lowest BCUT2D eigenvalue weighted by molar-refractivity contribution is -0.131. The number of amides is 5. The molecule has 7 N–H and O–H groups in total. The quantitative estimate of drug-likeness (QED) is 0.0370. The summed E-state index contributed by atoms with van der Waals surface area (Å²) in [5.74, 6) is 2.83. The summed E-state index contributed by atoms with van der Waals surface area (Å²) in [6.45, 7) is 0.285. The van der Waals surface area contributed by atoms with Crippen LogP contribution in [0.3, 0.4) is 0 Å². The summed E-state index contributed by atoms with van der Waals surface area (Å²) in [5, 5.41) is 18.4. The highest BCUT2D eigenvalue weighted by Gasteiger charge is 2.20. The number of hydrogen-bond donors (Lipinski definition) is 6. The van der Waals surface area contributed by atoms with Crippen LogP contribution in [0.25, 0.3) is 0 Å². The molecule has 0 saturated carbocycles. The van der Waals surface area contributed by atoms with Gasteiger partial charge in [0.15, 0.2) is 0 Å². The molecule has 1 heterocycles. The fourth-order valence-corrected chi connectivity index (χ4v) is 3.62. The Morgan fingerprint density at radius 3 is 2.09 bits per heavy atom. The molecule has 0 aliphatic carbocycles. The number of carbonyl (C=O) groups excluding carboxylic acids is 5. The zero-order chi connectivity index (χ0) is 34.2. The summed E-state index contributed by atoms with van der Waals surface area (Å²) in [6.07, 6.45) is 5.00. The van der Waals surface area contributed by atoms with Gasteiger partial charge in [-0.05, 0) is 6.42 Å². The van der Waals surface area contributed by atoms with Gasteiger partial charge in [0.2, 0.25) is 44.5 Å². The van der Waals surface area contributed by atoms with Gasteiger partial charge in [-0.15, -0.1) is 0 Å². The third-order valence-electron chi connectivity index (χ3n) is 5.40. The first-order valence-electron chi connectivity index (χ1n) is 14.2. The molecule has 5 amide bonds. The molecule has 0 spiro atoms. The lowest BCUT2D eigenvalue weighted by Crippen LogP contribution is -2.52. The van der Waals surface area contributed by atoms with Crippen molar-refractivity contribution in [3.05, 3.63) is 18.0 Å². The third kappa shape index (κ3) is 19.9. The van der Waals surface area contributed by atoms with Crippen molar-refractivity contribution in [1.82, 2.24) is 31.2 Å². The Bertz CT molecular complexity index is 1300. The number of carbonyl (C=O) groups is 5. The Kier molecular flexibility index (Phi) is 20.0. The molecular formula is C27H41N7O11S. The van der Waals surface area contributed by atoms with Gasteiger partial charge in [0, 0.05) is 44.5 Å². The van der Waals surface area contributed by atoms with Crippen molar-refractivity contribution in [1.29, 1.82) is 0 Å². The van der Waals surface area contributed by atoms with Crippen LogP contribution in [0.1, 0.15) is 31.2 Å². The number of nitrogens with one attached hydrogen (secondary N) is 4. The van der Waals surface area contributed by atoms with Crippen molar-refractivity contribution >= 4 is 39.4 Å². The minimum atomic E-state index is -3.46. The van der Waals surface area contributed by atoms with E-state index in [-0.39, 0.29) is 37.3 Å². The molecule has 0 radical (unpaired) electrons. The summed E-state index contributed by atoms with van der Waals surface area (Å²) < 4.78 is 38.7. The average molecular weight is 672 g/mol. The van der Waals surface area contributed by atoms with Crippen LogP contribution in [-0.2, 0) is 48.0 Å². The highest BCUT2D eigenvalue weighted by atomic mass is 32.2. The van der Waals surface area contributed by atoms with Crippen LogP contribution in [0.2, 0.25) is 0 Å². The van der Waals surface area contributed by atoms with Gasteiger partial charge in [-0.2, -0.15) is 0 Å². The molecule has 0 bridgehead atoms. The van der Waals surface area contributed by atoms with Crippen molar-refractivity contribution in [2.24, 2.45) is 5.73 Å². The number of primary amides is 1. The summed E-state index contributed by atoms with van der Waals surface area (Å²) in [5.41, 5.74) is 5.39. The molecule has 1 unspecified atom stereocenters. The minimum absolute atomic E-state index is 0.0170. The number of ether oxygens (including phenoxy) is 3. The standard InChI is InChI=1S/C27H41N7O11S/c1-46(41,42)27-32-15-20(16-33-27)5-3-2-4-6-23(37)29-8-10-44-12-14-45-13-11-43-9-7-24(38)30-18-25(39)34-21(19-35)26(40)31-17-22(28)36/h15-16,21,35H,2,4,6-14,17-19H2,1H3,(H2,28,36)(H,29,37)(H,30,38)(H,31,40)(H,34,39). The summed E-state index contributed by atoms with van der Waals surface area (Å²) in [6, 6.07) is -1.30. The van der Waals surface area contributed by atoms with E-state index in [2.05, 4.69) is 43.1 Å². The number of unbranched alkanes of at least 4 members (excludes halogenated alkanes) is 1. The Labute approximate surface area is 266 Å². The van der Waals surface area contributed by atoms with Crippen LogP contribution in [0, 0.1) is 11.8 Å². The van der Waals surface area contributed by atoms with E-state index in [1.165, 1.54) is 12.4 Å². The van der Waals surface area contributed by atoms with Crippen molar-refractivity contribution in [2.75, 3.05) is 72.1 Å². The predicted octanol–water partition coefficient (Wildman–Crippen LogP) is -3.85. The maximum absolute atomic E-state index is 11.9. The molecule has 0 fully saturated rings. The third-order valence-corrected chi connectivity index (χ3v) is 6.28. The van der Waals surface area contributed by atoms with Gasteiger partial charge in [-0.25, -0.2) is 18.4 Å². The molecule has 1 aromatic rings. The number of hydrogen-bond acceptors (Lipinski definition) is 13. The molecule has 0 saturated heterocycles. The van der Waals surface area contributed by atoms with Gasteiger partial charge in [0.05, 0.1) is 64.9 Å². The molecule has 18 nitrogen and oxygen atoms in total. The fraction of sp³-hybridized carbons (Fsp3) is 0.593. The summed E-state index contributed by atoms with van der Waals surface area (Å²) >= 11 is 0. The van der Waals surface area contributed by atoms with Crippen molar-refractivity contribution in [2.45, 2.75) is 36.9 Å². The van der Waals surface area contributed by atoms with Gasteiger partial charge in [-0.1, -0.05) is 11.8 Å². The van der Waals surface area contributed by atoms with Crippen LogP contribution in [0.4, 0.5) is 0 Å². The molecule has 1 rings (SSSR count). The minimum Gasteiger partial charge on any atom is -0.394 e. The molecule has 0 aromatic carbocycles. The SMILES string of the molecule is CS(=O)(=O)c1ncc(C#CCCCC(=O)NCCOCCOCCOCCC(=O)NCC(=O)NC(CO)C(=O)NCC(N)=O)cn1. The molecule has 19 heteroatoms. The molecule has 0 aliphatic rings. The first-order valence-corrected chi connectivity index (χ1v) is 16.0. The highest BCUT2D eigenvalue weighted by molar-refractivity contribution is 7.90. The van der Waals surface area contributed by atoms with E-state index < -0.39 is 59.2 Å². The fourth-order valence-electron chi connectivity index (χ4n) is 3.14. The molecule has 1 atom stereocenters. The van der Waals surface area contributed by atoms with E-state index >= 15 is 0 Å². The van der Waals surface area contributed by atoms with E-state index in [0.717, 1.165) is 6.26 Å². The monoisotopic (exact) mass is 671 g/mol. The van der Waals surface area contributed by atoms with E-state index in [1.807, 2.05) is 0 Å². The van der Waals surface area contributed by atoms with E-state index in [4.69, 9.17) is 19.9 Å². The second-order valence-electron chi connectivity index (χ2n) is 9.38. The van der Waals surface area contributed by atoms with Gasteiger partial charge >= 0.3 is 0 Å². The smallest absolute Gasteiger partial charge is 0.246 e. The van der Waals surface area contributed by atoms with E-state index in [1.54, 1.807) is 0 Å². The topological polar surface area (TPSA) is 267 Å². The van der Waals surface area contributed by atoms with Crippen LogP contribution >= 0.6 is 0 Å². The molecule has 256 valence electrons. The Morgan fingerprint density at radius 2 is 1.48 bits per heavy atom. The van der Waals surface area contributed by atoms with Crippen LogP contribution in [0.5, 0.6) is 0 Å². The average Bonchev–Trinajstić information content (AvgIpc) is 3.01. The second-order valence-corrected chi connectivity index (χ2v) is 11.3. The molecule has 0 aliphatic heterocycles. The largest absolute Gasteiger partial charge is 0.394 e. The Hall–Kier alpha value is -4.22. The maximum Gasteiger partial charge on any atom is 0.246 e. The summed E-state index contributed by atoms with van der Waals surface area (Å²) in [7, 11) is -3.46. The van der Waals surface area contributed by atoms with E-state index in [0.29, 0.717) is 51.2 Å². The number of aromatic nitrogens is 2. The lowest BCUT2D eigenvalue weighted by Gasteiger charge is -2.15. The van der Waals surface area contributed by atoms with Crippen LogP contribution < -0.4 is 27.0 Å². The first kappa shape index (κ1) is 39.8. The van der Waals surface area contributed by atoms with Gasteiger partial charge < -0.3 is 46.3 Å². The van der Waals surface area contributed by atoms with Crippen molar-refractivity contribution in [3.63, 3.8) is 0 Å². The number of aliphatic hydroxyl groups excluding tert-OH is 1. The Morgan fingerprint density at radius 1 is 0.870 bits per heavy atom. The van der Waals surface area contributed by atoms with Gasteiger partial charge in [0.1, 0.15) is 6.04 Å². The number of nitrogens with two attached hydrogens (primary N) is 1. The zero-order valence-electron chi connectivity index (χ0n) is 25.5. The Balaban J connectivity index is 1.96. The lowest BCUT2D eigenvalue weighted by atomic mass is 10.2. The van der Waals surface area contributed by atoms with Crippen molar-refractivity contribution in [3.8, 4) is 11.8 Å². The van der Waals surface area contributed by atoms with Gasteiger partial charge in [-0.3, -0.25) is 24.0 Å².